The van der Waals surface area contributed by atoms with Crippen LogP contribution in [0, 0.1) is 0 Å². The molecule has 6 heteroatoms. The Kier molecular flexibility index (Phi) is 3.95. The zero-order valence-corrected chi connectivity index (χ0v) is 13.7. The van der Waals surface area contributed by atoms with E-state index in [4.69, 9.17) is 21.7 Å². The molecule has 0 amide bonds. The third-order valence-electron chi connectivity index (χ3n) is 4.23. The molecule has 1 saturated heterocycles. The molecule has 22 heavy (non-hydrogen) atoms. The molecular formula is C16H20N2O3S. The summed E-state index contributed by atoms with van der Waals surface area (Å²) >= 11 is 5.36. The summed E-state index contributed by atoms with van der Waals surface area (Å²) in [6, 6.07) is 5.39. The summed E-state index contributed by atoms with van der Waals surface area (Å²) in [6.07, 6.45) is 1.19. The Morgan fingerprint density at radius 3 is 3.09 bits per heavy atom. The topological polar surface area (TPSA) is 50.8 Å². The fourth-order valence-corrected chi connectivity index (χ4v) is 3.41. The molecule has 1 N–H and O–H groups in total. The van der Waals surface area contributed by atoms with Gasteiger partial charge in [-0.25, -0.2) is 0 Å². The van der Waals surface area contributed by atoms with Gasteiger partial charge >= 0.3 is 0 Å². The van der Waals surface area contributed by atoms with E-state index in [1.807, 2.05) is 19.1 Å². The molecular weight excluding hydrogens is 300 g/mol. The molecule has 1 aromatic carbocycles. The fraction of sp³-hybridized carbons (Fsp3) is 0.500. The number of nitrogens with one attached hydrogen (secondary N) is 1. The molecule has 1 unspecified atom stereocenters. The highest BCUT2D eigenvalue weighted by atomic mass is 32.1. The van der Waals surface area contributed by atoms with Crippen LogP contribution in [0.25, 0.3) is 0 Å². The first kappa shape index (κ1) is 15.1. The van der Waals surface area contributed by atoms with Crippen molar-refractivity contribution < 1.29 is 14.3 Å². The van der Waals surface area contributed by atoms with Gasteiger partial charge in [0.25, 0.3) is 0 Å². The van der Waals surface area contributed by atoms with Crippen LogP contribution in [0.4, 0.5) is 0 Å². The first-order chi connectivity index (χ1) is 10.6. The zero-order valence-electron chi connectivity index (χ0n) is 12.8. The molecule has 5 nitrogen and oxygen atoms in total. The van der Waals surface area contributed by atoms with Crippen molar-refractivity contribution in [2.24, 2.45) is 0 Å². The van der Waals surface area contributed by atoms with E-state index in [1.54, 1.807) is 13.2 Å². The van der Waals surface area contributed by atoms with Gasteiger partial charge in [-0.1, -0.05) is 0 Å². The van der Waals surface area contributed by atoms with E-state index in [0.29, 0.717) is 30.0 Å². The third-order valence-corrected chi connectivity index (χ3v) is 4.63. The van der Waals surface area contributed by atoms with E-state index in [9.17, 15) is 4.79 Å². The molecule has 0 saturated carbocycles. The Bertz CT molecular complexity index is 619. The van der Waals surface area contributed by atoms with Gasteiger partial charge in [0, 0.05) is 19.5 Å². The van der Waals surface area contributed by atoms with Crippen molar-refractivity contribution in [3.8, 4) is 11.5 Å². The number of carbonyl (C=O) groups is 1. The van der Waals surface area contributed by atoms with Crippen LogP contribution < -0.4 is 14.8 Å². The molecule has 3 rings (SSSR count). The van der Waals surface area contributed by atoms with Crippen molar-refractivity contribution in [1.82, 2.24) is 10.2 Å². The monoisotopic (exact) mass is 320 g/mol. The van der Waals surface area contributed by atoms with E-state index < -0.39 is 5.60 Å². The fourth-order valence-electron chi connectivity index (χ4n) is 3.11. The van der Waals surface area contributed by atoms with E-state index in [-0.39, 0.29) is 5.78 Å². The second-order valence-corrected chi connectivity index (χ2v) is 6.14. The van der Waals surface area contributed by atoms with Gasteiger partial charge in [0.05, 0.1) is 25.6 Å². The van der Waals surface area contributed by atoms with Crippen molar-refractivity contribution >= 4 is 23.1 Å². The van der Waals surface area contributed by atoms with Crippen LogP contribution in [0.2, 0.25) is 0 Å². The average molecular weight is 320 g/mol. The van der Waals surface area contributed by atoms with Gasteiger partial charge in [0.15, 0.2) is 10.9 Å². The number of Topliss-reactive ketones (excluding diaryl/α,β-unsaturated/α-hetero) is 1. The highest BCUT2D eigenvalue weighted by Gasteiger charge is 2.46. The Morgan fingerprint density at radius 2 is 2.36 bits per heavy atom. The number of hydrogen-bond acceptors (Lipinski definition) is 4. The number of ketones is 1. The molecule has 0 radical (unpaired) electrons. The summed E-state index contributed by atoms with van der Waals surface area (Å²) in [5.74, 6) is 1.43. The number of nitrogens with zero attached hydrogens (tertiary/aromatic N) is 1. The minimum atomic E-state index is -0.460. The lowest BCUT2D eigenvalue weighted by atomic mass is 9.89. The second-order valence-electron chi connectivity index (χ2n) is 5.75. The molecule has 1 spiro atoms. The molecule has 118 valence electrons. The largest absolute Gasteiger partial charge is 0.497 e. The van der Waals surface area contributed by atoms with Gasteiger partial charge in [-0.05, 0) is 37.3 Å². The quantitative estimate of drug-likeness (QED) is 0.841. The molecule has 0 bridgehead atoms. The van der Waals surface area contributed by atoms with Gasteiger partial charge in [-0.15, -0.1) is 0 Å². The van der Waals surface area contributed by atoms with Gasteiger partial charge in [-0.3, -0.25) is 4.79 Å². The molecule has 2 heterocycles. The average Bonchev–Trinajstić information content (AvgIpc) is 2.91. The smallest absolute Gasteiger partial charge is 0.170 e. The van der Waals surface area contributed by atoms with Crippen LogP contribution in [0.3, 0.4) is 0 Å². The van der Waals surface area contributed by atoms with Crippen LogP contribution in [0.5, 0.6) is 11.5 Å². The van der Waals surface area contributed by atoms with E-state index >= 15 is 0 Å². The van der Waals surface area contributed by atoms with Gasteiger partial charge in [-0.2, -0.15) is 0 Å². The Hall–Kier alpha value is -1.82. The van der Waals surface area contributed by atoms with Crippen molar-refractivity contribution in [2.45, 2.75) is 25.4 Å². The number of fused-ring (bicyclic) bond motifs is 1. The summed E-state index contributed by atoms with van der Waals surface area (Å²) in [5.41, 5.74) is 0.149. The molecule has 1 atom stereocenters. The summed E-state index contributed by atoms with van der Waals surface area (Å²) in [5, 5.41) is 3.89. The molecule has 1 aromatic rings. The van der Waals surface area contributed by atoms with Gasteiger partial charge in [0.1, 0.15) is 17.1 Å². The predicted molar refractivity (Wildman–Crippen MR) is 87.8 cm³/mol. The van der Waals surface area contributed by atoms with E-state index in [1.165, 1.54) is 0 Å². The minimum absolute atomic E-state index is 0.108. The van der Waals surface area contributed by atoms with Crippen molar-refractivity contribution in [2.75, 3.05) is 26.7 Å². The lowest BCUT2D eigenvalue weighted by molar-refractivity contribution is 0.0493. The Morgan fingerprint density at radius 1 is 1.55 bits per heavy atom. The van der Waals surface area contributed by atoms with Gasteiger partial charge < -0.3 is 19.7 Å². The number of benzene rings is 1. The molecule has 0 aromatic heterocycles. The highest BCUT2D eigenvalue weighted by Crippen LogP contribution is 2.39. The van der Waals surface area contributed by atoms with E-state index in [2.05, 4.69) is 10.2 Å². The Balaban J connectivity index is 1.81. The SMILES string of the molecule is CCNC(=S)N1CCC2(CC(=O)c3cc(OC)ccc3O2)C1. The number of rotatable bonds is 2. The standard InChI is InChI=1S/C16H20N2O3S/c1-3-17-15(22)18-7-6-16(10-18)9-13(19)12-8-11(20-2)4-5-14(12)21-16/h4-5,8H,3,6-7,9-10H2,1-2H3,(H,17,22). The minimum Gasteiger partial charge on any atom is -0.497 e. The molecule has 1 fully saturated rings. The third kappa shape index (κ3) is 2.63. The summed E-state index contributed by atoms with van der Waals surface area (Å²) in [7, 11) is 1.59. The summed E-state index contributed by atoms with van der Waals surface area (Å²) < 4.78 is 11.4. The van der Waals surface area contributed by atoms with Gasteiger partial charge in [0.2, 0.25) is 0 Å². The number of likely N-dealkylation sites (tertiary alicyclic amines) is 1. The number of methoxy groups -OCH3 is 1. The number of carbonyl (C=O) groups excluding carboxylic acids is 1. The summed E-state index contributed by atoms with van der Waals surface area (Å²) in [4.78, 5) is 14.6. The first-order valence-corrected chi connectivity index (χ1v) is 7.91. The molecule has 2 aliphatic rings. The number of ether oxygens (including phenoxy) is 2. The summed E-state index contributed by atoms with van der Waals surface area (Å²) in [6.45, 7) is 4.27. The van der Waals surface area contributed by atoms with Crippen LogP contribution >= 0.6 is 12.2 Å². The van der Waals surface area contributed by atoms with Crippen molar-refractivity contribution in [3.63, 3.8) is 0 Å². The van der Waals surface area contributed by atoms with Crippen molar-refractivity contribution in [3.05, 3.63) is 23.8 Å². The van der Waals surface area contributed by atoms with E-state index in [0.717, 1.165) is 24.6 Å². The normalized spacial score (nSPS) is 23.2. The predicted octanol–water partition coefficient (Wildman–Crippen LogP) is 2.00. The second kappa shape index (κ2) is 5.76. The maximum Gasteiger partial charge on any atom is 0.170 e. The maximum absolute atomic E-state index is 12.5. The van der Waals surface area contributed by atoms with Crippen LogP contribution in [-0.2, 0) is 0 Å². The lowest BCUT2D eigenvalue weighted by Gasteiger charge is -2.35. The maximum atomic E-state index is 12.5. The molecule has 0 aliphatic carbocycles. The zero-order chi connectivity index (χ0) is 15.7. The molecule has 2 aliphatic heterocycles. The lowest BCUT2D eigenvalue weighted by Crippen LogP contribution is -2.47. The van der Waals surface area contributed by atoms with Crippen molar-refractivity contribution in [1.29, 1.82) is 0 Å². The first-order valence-electron chi connectivity index (χ1n) is 7.50. The highest BCUT2D eigenvalue weighted by molar-refractivity contribution is 7.80. The Labute approximate surface area is 135 Å². The van der Waals surface area contributed by atoms with Crippen LogP contribution in [-0.4, -0.2) is 48.1 Å². The van der Waals surface area contributed by atoms with Crippen LogP contribution in [0.1, 0.15) is 30.1 Å². The van der Waals surface area contributed by atoms with Crippen LogP contribution in [0.15, 0.2) is 18.2 Å². The number of hydrogen-bond donors (Lipinski definition) is 1. The number of thiocarbonyl (C=S) groups is 1.